The van der Waals surface area contributed by atoms with Gasteiger partial charge in [-0.05, 0) is 36.9 Å². The van der Waals surface area contributed by atoms with Crippen LogP contribution >= 0.6 is 0 Å². The third-order valence-corrected chi connectivity index (χ3v) is 3.71. The molecule has 0 saturated heterocycles. The SMILES string of the molecule is CCc1ccc(C(N)C(C)N(C)CC(C)(C)C)cc1. The topological polar surface area (TPSA) is 29.3 Å². The second-order valence-electron chi connectivity index (χ2n) is 6.84. The van der Waals surface area contributed by atoms with Gasteiger partial charge in [0.1, 0.15) is 0 Å². The van der Waals surface area contributed by atoms with Gasteiger partial charge in [-0.1, -0.05) is 52.0 Å². The van der Waals surface area contributed by atoms with Crippen molar-refractivity contribution >= 4 is 0 Å². The van der Waals surface area contributed by atoms with Crippen molar-refractivity contribution < 1.29 is 0 Å². The van der Waals surface area contributed by atoms with Crippen molar-refractivity contribution in [3.63, 3.8) is 0 Å². The molecule has 2 atom stereocenters. The van der Waals surface area contributed by atoms with Crippen molar-refractivity contribution in [2.45, 2.75) is 53.1 Å². The summed E-state index contributed by atoms with van der Waals surface area (Å²) < 4.78 is 0. The highest BCUT2D eigenvalue weighted by Crippen LogP contribution is 2.22. The summed E-state index contributed by atoms with van der Waals surface area (Å²) in [5.41, 5.74) is 9.30. The molecule has 0 amide bonds. The number of likely N-dealkylation sites (N-methyl/N-ethyl adjacent to an activating group) is 1. The fourth-order valence-electron chi connectivity index (χ4n) is 2.42. The molecule has 0 radical (unpaired) electrons. The maximum atomic E-state index is 6.41. The zero-order chi connectivity index (χ0) is 14.6. The molecule has 0 bridgehead atoms. The fourth-order valence-corrected chi connectivity index (χ4v) is 2.42. The van der Waals surface area contributed by atoms with Crippen LogP contribution in [0.25, 0.3) is 0 Å². The molecule has 1 aromatic carbocycles. The minimum absolute atomic E-state index is 0.0678. The molecule has 0 aliphatic heterocycles. The second kappa shape index (κ2) is 6.53. The first-order valence-electron chi connectivity index (χ1n) is 7.29. The summed E-state index contributed by atoms with van der Waals surface area (Å²) in [4.78, 5) is 2.36. The Morgan fingerprint density at radius 2 is 1.68 bits per heavy atom. The first-order chi connectivity index (χ1) is 8.74. The summed E-state index contributed by atoms with van der Waals surface area (Å²) in [6.07, 6.45) is 1.08. The molecule has 0 saturated carbocycles. The van der Waals surface area contributed by atoms with E-state index in [0.717, 1.165) is 13.0 Å². The zero-order valence-corrected chi connectivity index (χ0v) is 13.4. The molecule has 0 fully saturated rings. The molecule has 1 rings (SSSR count). The van der Waals surface area contributed by atoms with E-state index in [4.69, 9.17) is 5.73 Å². The number of nitrogens with zero attached hydrogens (tertiary/aromatic N) is 1. The summed E-state index contributed by atoms with van der Waals surface area (Å²) in [6.45, 7) is 12.2. The lowest BCUT2D eigenvalue weighted by atomic mass is 9.93. The summed E-state index contributed by atoms with van der Waals surface area (Å²) in [5.74, 6) is 0. The largest absolute Gasteiger partial charge is 0.323 e. The van der Waals surface area contributed by atoms with E-state index in [1.165, 1.54) is 11.1 Å². The molecule has 0 heterocycles. The number of nitrogens with two attached hydrogens (primary N) is 1. The number of benzene rings is 1. The predicted molar refractivity (Wildman–Crippen MR) is 84.3 cm³/mol. The molecule has 2 N–H and O–H groups in total. The summed E-state index contributed by atoms with van der Waals surface area (Å²) in [7, 11) is 2.16. The first-order valence-corrected chi connectivity index (χ1v) is 7.29. The van der Waals surface area contributed by atoms with E-state index in [2.05, 4.69) is 70.8 Å². The van der Waals surface area contributed by atoms with Gasteiger partial charge in [0.2, 0.25) is 0 Å². The van der Waals surface area contributed by atoms with Gasteiger partial charge < -0.3 is 10.6 Å². The Labute approximate surface area is 119 Å². The van der Waals surface area contributed by atoms with Crippen LogP contribution in [-0.2, 0) is 6.42 Å². The van der Waals surface area contributed by atoms with E-state index in [1.54, 1.807) is 0 Å². The maximum Gasteiger partial charge on any atom is 0.0450 e. The molecule has 0 aliphatic carbocycles. The van der Waals surface area contributed by atoms with Gasteiger partial charge in [0, 0.05) is 18.6 Å². The Bertz CT molecular complexity index is 375. The van der Waals surface area contributed by atoms with Crippen molar-refractivity contribution in [1.82, 2.24) is 4.90 Å². The standard InChI is InChI=1S/C17H30N2/c1-7-14-8-10-15(11-9-14)16(18)13(2)19(6)12-17(3,4)5/h8-11,13,16H,7,12,18H2,1-6H3. The van der Waals surface area contributed by atoms with Gasteiger partial charge in [0.15, 0.2) is 0 Å². The molecule has 1 aromatic rings. The lowest BCUT2D eigenvalue weighted by Crippen LogP contribution is -2.42. The predicted octanol–water partition coefficient (Wildman–Crippen LogP) is 3.62. The molecule has 2 nitrogen and oxygen atoms in total. The van der Waals surface area contributed by atoms with Crippen LogP contribution in [0.3, 0.4) is 0 Å². The van der Waals surface area contributed by atoms with E-state index in [-0.39, 0.29) is 6.04 Å². The average Bonchev–Trinajstić information content (AvgIpc) is 2.35. The van der Waals surface area contributed by atoms with Crippen molar-refractivity contribution in [1.29, 1.82) is 0 Å². The average molecular weight is 262 g/mol. The fraction of sp³-hybridized carbons (Fsp3) is 0.647. The van der Waals surface area contributed by atoms with Crippen LogP contribution in [0.2, 0.25) is 0 Å². The third kappa shape index (κ3) is 4.96. The highest BCUT2D eigenvalue weighted by atomic mass is 15.1. The number of rotatable bonds is 5. The van der Waals surface area contributed by atoms with Crippen LogP contribution in [0.15, 0.2) is 24.3 Å². The van der Waals surface area contributed by atoms with Crippen LogP contribution < -0.4 is 5.73 Å². The Morgan fingerprint density at radius 1 is 1.16 bits per heavy atom. The van der Waals surface area contributed by atoms with Gasteiger partial charge in [0.05, 0.1) is 0 Å². The quantitative estimate of drug-likeness (QED) is 0.878. The molecule has 108 valence electrons. The number of hydrogen-bond acceptors (Lipinski definition) is 2. The van der Waals surface area contributed by atoms with E-state index in [1.807, 2.05) is 0 Å². The lowest BCUT2D eigenvalue weighted by molar-refractivity contribution is 0.163. The van der Waals surface area contributed by atoms with Gasteiger partial charge >= 0.3 is 0 Å². The van der Waals surface area contributed by atoms with Crippen molar-refractivity contribution in [2.75, 3.05) is 13.6 Å². The number of aryl methyl sites for hydroxylation is 1. The molecular formula is C17H30N2. The normalized spacial score (nSPS) is 15.6. The smallest absolute Gasteiger partial charge is 0.0450 e. The van der Waals surface area contributed by atoms with Crippen LogP contribution in [0.5, 0.6) is 0 Å². The van der Waals surface area contributed by atoms with Gasteiger partial charge in [-0.2, -0.15) is 0 Å². The highest BCUT2D eigenvalue weighted by molar-refractivity contribution is 5.25. The first kappa shape index (κ1) is 16.2. The Hall–Kier alpha value is -0.860. The van der Waals surface area contributed by atoms with Gasteiger partial charge in [-0.25, -0.2) is 0 Å². The highest BCUT2D eigenvalue weighted by Gasteiger charge is 2.22. The molecule has 2 heteroatoms. The molecule has 0 aromatic heterocycles. The van der Waals surface area contributed by atoms with Crippen LogP contribution in [0.1, 0.15) is 51.8 Å². The van der Waals surface area contributed by atoms with Crippen LogP contribution in [0, 0.1) is 5.41 Å². The molecule has 19 heavy (non-hydrogen) atoms. The third-order valence-electron chi connectivity index (χ3n) is 3.71. The molecule has 0 aliphatic rings. The zero-order valence-electron chi connectivity index (χ0n) is 13.4. The van der Waals surface area contributed by atoms with E-state index in [0.29, 0.717) is 11.5 Å². The van der Waals surface area contributed by atoms with Gasteiger partial charge in [-0.15, -0.1) is 0 Å². The Morgan fingerprint density at radius 3 is 2.11 bits per heavy atom. The van der Waals surface area contributed by atoms with Crippen molar-refractivity contribution in [3.8, 4) is 0 Å². The number of hydrogen-bond donors (Lipinski definition) is 1. The second-order valence-corrected chi connectivity index (χ2v) is 6.84. The van der Waals surface area contributed by atoms with E-state index in [9.17, 15) is 0 Å². The monoisotopic (exact) mass is 262 g/mol. The van der Waals surface area contributed by atoms with E-state index < -0.39 is 0 Å². The van der Waals surface area contributed by atoms with Crippen LogP contribution in [-0.4, -0.2) is 24.5 Å². The minimum atomic E-state index is 0.0678. The Kier molecular flexibility index (Phi) is 5.57. The maximum absolute atomic E-state index is 6.41. The molecular weight excluding hydrogens is 232 g/mol. The van der Waals surface area contributed by atoms with Crippen molar-refractivity contribution in [2.24, 2.45) is 11.1 Å². The summed E-state index contributed by atoms with van der Waals surface area (Å²) in [6, 6.07) is 9.12. The van der Waals surface area contributed by atoms with Gasteiger partial charge in [0.25, 0.3) is 0 Å². The summed E-state index contributed by atoms with van der Waals surface area (Å²) >= 11 is 0. The Balaban J connectivity index is 2.72. The minimum Gasteiger partial charge on any atom is -0.323 e. The van der Waals surface area contributed by atoms with E-state index >= 15 is 0 Å². The molecule has 2 unspecified atom stereocenters. The van der Waals surface area contributed by atoms with Crippen molar-refractivity contribution in [3.05, 3.63) is 35.4 Å². The molecule has 0 spiro atoms. The summed E-state index contributed by atoms with van der Waals surface area (Å²) in [5, 5.41) is 0. The van der Waals surface area contributed by atoms with Crippen LogP contribution in [0.4, 0.5) is 0 Å². The van der Waals surface area contributed by atoms with Gasteiger partial charge in [-0.3, -0.25) is 0 Å². The lowest BCUT2D eigenvalue weighted by Gasteiger charge is -2.34.